The zero-order chi connectivity index (χ0) is 45.5. The molecule has 0 bridgehead atoms. The molecule has 0 aliphatic heterocycles. The van der Waals surface area contributed by atoms with Crippen LogP contribution in [-0.2, 0) is 0 Å². The lowest BCUT2D eigenvalue weighted by Crippen LogP contribution is -2.16. The average Bonchev–Trinajstić information content (AvgIpc) is 4.21. The summed E-state index contributed by atoms with van der Waals surface area (Å²) in [4.78, 5) is 0. The first-order valence-corrected chi connectivity index (χ1v) is 23.1. The Balaban J connectivity index is 1.28. The smallest absolute Gasteiger partial charge is 0.136 e. The Labute approximate surface area is 392 Å². The van der Waals surface area contributed by atoms with Crippen LogP contribution in [0.4, 0.5) is 0 Å². The first-order chi connectivity index (χ1) is 34.2. The van der Waals surface area contributed by atoms with Crippen molar-refractivity contribution < 1.29 is 4.42 Å². The van der Waals surface area contributed by atoms with E-state index in [0.29, 0.717) is 33.9 Å². The van der Waals surface area contributed by atoms with Crippen molar-refractivity contribution in [3.63, 3.8) is 0 Å². The molecule has 0 N–H and O–H groups in total. The van der Waals surface area contributed by atoms with Gasteiger partial charge in [-0.05, 0) is 60.7 Å². The van der Waals surface area contributed by atoms with Gasteiger partial charge < -0.3 is 22.7 Å². The van der Waals surface area contributed by atoms with E-state index >= 15 is 0 Å². The van der Waals surface area contributed by atoms with Crippen LogP contribution in [0.25, 0.3) is 132 Å². The van der Waals surface area contributed by atoms with E-state index in [-0.39, 0.29) is 0 Å². The summed E-state index contributed by atoms with van der Waals surface area (Å²) in [6.45, 7) is 0. The number of para-hydroxylation sites is 8. The molecule has 15 aromatic rings. The molecule has 0 saturated heterocycles. The summed E-state index contributed by atoms with van der Waals surface area (Å²) in [5, 5.41) is 35.3. The van der Waals surface area contributed by atoms with Crippen molar-refractivity contribution in [2.75, 3.05) is 0 Å². The lowest BCUT2D eigenvalue weighted by molar-refractivity contribution is 0.669. The normalized spacial score (nSPS) is 12.0. The minimum Gasteiger partial charge on any atom is -0.456 e. The average molecular weight is 879 g/mol. The second kappa shape index (κ2) is 13.9. The van der Waals surface area contributed by atoms with Crippen LogP contribution in [0.3, 0.4) is 0 Å². The zero-order valence-electron chi connectivity index (χ0n) is 36.7. The van der Waals surface area contributed by atoms with Gasteiger partial charge in [0.2, 0.25) is 0 Å². The molecule has 0 spiro atoms. The number of furan rings is 1. The van der Waals surface area contributed by atoms with Gasteiger partial charge in [0.25, 0.3) is 0 Å². The number of fused-ring (bicyclic) bond motifs is 16. The summed E-state index contributed by atoms with van der Waals surface area (Å²) in [5.41, 5.74) is 12.1. The fourth-order valence-electron chi connectivity index (χ4n) is 11.8. The summed E-state index contributed by atoms with van der Waals surface area (Å²) in [5.74, 6) is 0. The summed E-state index contributed by atoms with van der Waals surface area (Å²) in [7, 11) is 0. The van der Waals surface area contributed by atoms with E-state index in [9.17, 15) is 10.5 Å². The van der Waals surface area contributed by atoms with E-state index in [1.807, 2.05) is 24.3 Å². The minimum absolute atomic E-state index is 0.411. The van der Waals surface area contributed by atoms with Crippen LogP contribution in [0.2, 0.25) is 0 Å². The monoisotopic (exact) mass is 878 g/mol. The zero-order valence-corrected chi connectivity index (χ0v) is 36.7. The number of benzene rings is 10. The Bertz CT molecular complexity index is 4660. The maximum atomic E-state index is 12.5. The molecule has 0 amide bonds. The van der Waals surface area contributed by atoms with Crippen molar-refractivity contribution >= 4 is 109 Å². The van der Waals surface area contributed by atoms with Gasteiger partial charge in [-0.3, -0.25) is 0 Å². The Hall–Kier alpha value is -9.82. The van der Waals surface area contributed by atoms with Gasteiger partial charge in [-0.25, -0.2) is 0 Å². The first kappa shape index (κ1) is 37.4. The van der Waals surface area contributed by atoms with Crippen LogP contribution in [0, 0.1) is 22.7 Å². The molecule has 0 atom stereocenters. The number of nitrogens with zero attached hydrogens (tertiary/aromatic N) is 6. The molecule has 0 aliphatic carbocycles. The fourth-order valence-corrected chi connectivity index (χ4v) is 11.8. The van der Waals surface area contributed by atoms with Gasteiger partial charge in [-0.2, -0.15) is 10.5 Å². The molecule has 0 radical (unpaired) electrons. The topological polar surface area (TPSA) is 80.4 Å². The number of nitriles is 2. The van der Waals surface area contributed by atoms with Gasteiger partial charge in [0.05, 0.1) is 66.9 Å². The molecule has 5 heterocycles. The standard InChI is InChI=1S/C62H34N6O/c63-35-45-59(65-47-25-9-1-17-37(47)38-18-2-10-26-48(38)65)60(66-49-27-11-3-19-39(49)40-20-4-12-28-50(40)66)46(36-64)62(61(45)67-51-29-13-5-21-41(51)42-22-6-14-30-52(42)67)68-53-31-15-7-23-43(53)57-54(68)33-34-56-58(57)44-24-8-16-32-55(44)69-56/h1-34H. The molecular formula is C62H34N6O. The van der Waals surface area contributed by atoms with Crippen LogP contribution in [0.15, 0.2) is 211 Å². The molecular weight excluding hydrogens is 845 g/mol. The van der Waals surface area contributed by atoms with Crippen LogP contribution in [0.1, 0.15) is 11.1 Å². The molecule has 7 nitrogen and oxygen atoms in total. The van der Waals surface area contributed by atoms with Crippen molar-refractivity contribution in [2.24, 2.45) is 0 Å². The van der Waals surface area contributed by atoms with Crippen molar-refractivity contribution in [1.82, 2.24) is 18.3 Å². The van der Waals surface area contributed by atoms with E-state index in [0.717, 1.165) is 109 Å². The second-order valence-corrected chi connectivity index (χ2v) is 17.8. The highest BCUT2D eigenvalue weighted by molar-refractivity contribution is 6.28. The predicted octanol–water partition coefficient (Wildman–Crippen LogP) is 15.7. The van der Waals surface area contributed by atoms with Crippen molar-refractivity contribution in [1.29, 1.82) is 10.5 Å². The highest BCUT2D eigenvalue weighted by Crippen LogP contribution is 2.50. The third-order valence-electron chi connectivity index (χ3n) is 14.4. The molecule has 5 aromatic heterocycles. The first-order valence-electron chi connectivity index (χ1n) is 23.1. The quantitative estimate of drug-likeness (QED) is 0.177. The van der Waals surface area contributed by atoms with E-state index < -0.39 is 0 Å². The van der Waals surface area contributed by atoms with E-state index in [4.69, 9.17) is 4.42 Å². The van der Waals surface area contributed by atoms with Gasteiger partial charge in [-0.15, -0.1) is 0 Å². The van der Waals surface area contributed by atoms with Gasteiger partial charge in [0.15, 0.2) is 0 Å². The van der Waals surface area contributed by atoms with Gasteiger partial charge in [0.1, 0.15) is 34.4 Å². The van der Waals surface area contributed by atoms with Crippen LogP contribution < -0.4 is 0 Å². The van der Waals surface area contributed by atoms with Crippen LogP contribution in [0.5, 0.6) is 0 Å². The van der Waals surface area contributed by atoms with E-state index in [1.54, 1.807) is 0 Å². The maximum absolute atomic E-state index is 12.5. The Morgan fingerprint density at radius 3 is 0.913 bits per heavy atom. The third-order valence-corrected chi connectivity index (χ3v) is 14.4. The Morgan fingerprint density at radius 1 is 0.261 bits per heavy atom. The van der Waals surface area contributed by atoms with E-state index in [2.05, 4.69) is 212 Å². The minimum atomic E-state index is 0.411. The molecule has 318 valence electrons. The lowest BCUT2D eigenvalue weighted by Gasteiger charge is -2.27. The molecule has 0 saturated carbocycles. The van der Waals surface area contributed by atoms with E-state index in [1.165, 1.54) is 0 Å². The van der Waals surface area contributed by atoms with Crippen LogP contribution in [-0.4, -0.2) is 18.3 Å². The SMILES string of the molecule is N#Cc1c(-n2c3ccccc3c3ccccc32)c(-n2c3ccccc3c3ccccc32)c(C#N)c(-n2c3ccccc3c3c4c(ccc32)oc2ccccc24)c1-n1c2ccccc2c2ccccc21. The molecule has 15 rings (SSSR count). The van der Waals surface area contributed by atoms with Gasteiger partial charge in [-0.1, -0.05) is 146 Å². The van der Waals surface area contributed by atoms with Crippen molar-refractivity contribution in [3.8, 4) is 34.9 Å². The van der Waals surface area contributed by atoms with Crippen molar-refractivity contribution in [2.45, 2.75) is 0 Å². The Morgan fingerprint density at radius 2 is 0.551 bits per heavy atom. The Kier molecular flexibility index (Phi) is 7.51. The maximum Gasteiger partial charge on any atom is 0.136 e. The largest absolute Gasteiger partial charge is 0.456 e. The number of hydrogen-bond donors (Lipinski definition) is 0. The molecule has 0 fully saturated rings. The van der Waals surface area contributed by atoms with Gasteiger partial charge >= 0.3 is 0 Å². The molecule has 0 unspecified atom stereocenters. The number of hydrogen-bond acceptors (Lipinski definition) is 3. The highest BCUT2D eigenvalue weighted by atomic mass is 16.3. The fraction of sp³-hybridized carbons (Fsp3) is 0. The van der Waals surface area contributed by atoms with Crippen molar-refractivity contribution in [3.05, 3.63) is 217 Å². The molecule has 10 aromatic carbocycles. The molecule has 0 aliphatic rings. The lowest BCUT2D eigenvalue weighted by atomic mass is 9.98. The summed E-state index contributed by atoms with van der Waals surface area (Å²) in [6, 6.07) is 76.9. The summed E-state index contributed by atoms with van der Waals surface area (Å²) < 4.78 is 15.5. The third kappa shape index (κ3) is 4.82. The number of rotatable bonds is 4. The number of aromatic nitrogens is 4. The van der Waals surface area contributed by atoms with Gasteiger partial charge in [0, 0.05) is 53.9 Å². The summed E-state index contributed by atoms with van der Waals surface area (Å²) >= 11 is 0. The summed E-state index contributed by atoms with van der Waals surface area (Å²) in [6.07, 6.45) is 0. The molecule has 7 heteroatoms. The second-order valence-electron chi connectivity index (χ2n) is 17.8. The highest BCUT2D eigenvalue weighted by Gasteiger charge is 2.34. The molecule has 69 heavy (non-hydrogen) atoms. The predicted molar refractivity (Wildman–Crippen MR) is 281 cm³/mol. The van der Waals surface area contributed by atoms with Crippen LogP contribution >= 0.6 is 0 Å².